The minimum atomic E-state index is -0.390. The molecule has 2 rings (SSSR count). The highest BCUT2D eigenvalue weighted by atomic mass is 32.1. The number of nitrogens with zero attached hydrogens (tertiary/aromatic N) is 1. The summed E-state index contributed by atoms with van der Waals surface area (Å²) in [6.07, 6.45) is 5.19. The fourth-order valence-corrected chi connectivity index (χ4v) is 2.89. The van der Waals surface area contributed by atoms with Crippen molar-refractivity contribution in [3.63, 3.8) is 0 Å². The van der Waals surface area contributed by atoms with Crippen LogP contribution in [0.25, 0.3) is 6.08 Å². The molecule has 0 N–H and O–H groups in total. The zero-order valence-electron chi connectivity index (χ0n) is 12.7. The van der Waals surface area contributed by atoms with Gasteiger partial charge in [-0.2, -0.15) is 0 Å². The molecule has 120 valence electrons. The Morgan fingerprint density at radius 1 is 1.55 bits per heavy atom. The molecule has 0 saturated carbocycles. The van der Waals surface area contributed by atoms with Crippen LogP contribution in [-0.2, 0) is 19.1 Å². The molecular formula is C16H21NO4S. The first-order valence-electron chi connectivity index (χ1n) is 7.46. The van der Waals surface area contributed by atoms with Crippen LogP contribution in [0.4, 0.5) is 0 Å². The molecule has 1 unspecified atom stereocenters. The Morgan fingerprint density at radius 2 is 2.41 bits per heavy atom. The predicted molar refractivity (Wildman–Crippen MR) is 85.5 cm³/mol. The van der Waals surface area contributed by atoms with Gasteiger partial charge >= 0.3 is 5.97 Å². The van der Waals surface area contributed by atoms with Crippen molar-refractivity contribution in [2.45, 2.75) is 25.9 Å². The molecule has 22 heavy (non-hydrogen) atoms. The van der Waals surface area contributed by atoms with Gasteiger partial charge in [0.15, 0.2) is 0 Å². The smallest absolute Gasteiger partial charge is 0.325 e. The Labute approximate surface area is 134 Å². The highest BCUT2D eigenvalue weighted by Crippen LogP contribution is 2.15. The average molecular weight is 323 g/mol. The van der Waals surface area contributed by atoms with E-state index in [9.17, 15) is 9.59 Å². The second-order valence-electron chi connectivity index (χ2n) is 5.01. The Balaban J connectivity index is 1.97. The van der Waals surface area contributed by atoms with Crippen LogP contribution in [0, 0.1) is 0 Å². The van der Waals surface area contributed by atoms with Crippen molar-refractivity contribution in [2.24, 2.45) is 0 Å². The molecule has 0 bridgehead atoms. The Kier molecular flexibility index (Phi) is 6.61. The number of ether oxygens (including phenoxy) is 2. The summed E-state index contributed by atoms with van der Waals surface area (Å²) in [4.78, 5) is 26.5. The van der Waals surface area contributed by atoms with E-state index in [0.29, 0.717) is 13.2 Å². The number of esters is 1. The summed E-state index contributed by atoms with van der Waals surface area (Å²) in [5.74, 6) is -0.588. The van der Waals surface area contributed by atoms with Crippen molar-refractivity contribution in [1.29, 1.82) is 0 Å². The summed E-state index contributed by atoms with van der Waals surface area (Å²) in [5.41, 5.74) is 0. The molecule has 5 nitrogen and oxygen atoms in total. The fourth-order valence-electron chi connectivity index (χ4n) is 2.27. The number of amides is 1. The van der Waals surface area contributed by atoms with Crippen LogP contribution >= 0.6 is 11.3 Å². The SMILES string of the molecule is CCOC(=O)CN(CC1CCCO1)C(=O)C=Cc1cccs1. The lowest BCUT2D eigenvalue weighted by molar-refractivity contribution is -0.148. The molecule has 1 amide bonds. The average Bonchev–Trinajstić information content (AvgIpc) is 3.17. The van der Waals surface area contributed by atoms with Gasteiger partial charge in [0.1, 0.15) is 6.54 Å². The van der Waals surface area contributed by atoms with Gasteiger partial charge in [-0.3, -0.25) is 9.59 Å². The third-order valence-corrected chi connectivity index (χ3v) is 4.16. The van der Waals surface area contributed by atoms with E-state index in [1.807, 2.05) is 17.5 Å². The van der Waals surface area contributed by atoms with E-state index in [0.717, 1.165) is 24.3 Å². The van der Waals surface area contributed by atoms with Crippen LogP contribution in [0.2, 0.25) is 0 Å². The second kappa shape index (κ2) is 8.70. The van der Waals surface area contributed by atoms with Gasteiger partial charge in [0.2, 0.25) is 5.91 Å². The van der Waals surface area contributed by atoms with Gasteiger partial charge in [0.05, 0.1) is 12.7 Å². The zero-order chi connectivity index (χ0) is 15.8. The Morgan fingerprint density at radius 3 is 3.05 bits per heavy atom. The first kappa shape index (κ1) is 16.7. The lowest BCUT2D eigenvalue weighted by Gasteiger charge is -2.23. The van der Waals surface area contributed by atoms with Crippen molar-refractivity contribution in [3.8, 4) is 0 Å². The van der Waals surface area contributed by atoms with Crippen LogP contribution < -0.4 is 0 Å². The van der Waals surface area contributed by atoms with Crippen molar-refractivity contribution < 1.29 is 19.1 Å². The number of hydrogen-bond donors (Lipinski definition) is 0. The quantitative estimate of drug-likeness (QED) is 0.571. The molecule has 0 spiro atoms. The molecule has 1 fully saturated rings. The van der Waals surface area contributed by atoms with Gasteiger partial charge in [0, 0.05) is 24.1 Å². The maximum atomic E-state index is 12.3. The van der Waals surface area contributed by atoms with Crippen LogP contribution in [0.1, 0.15) is 24.6 Å². The van der Waals surface area contributed by atoms with Gasteiger partial charge in [-0.25, -0.2) is 0 Å². The molecule has 2 heterocycles. The van der Waals surface area contributed by atoms with Gasteiger partial charge < -0.3 is 14.4 Å². The monoisotopic (exact) mass is 323 g/mol. The normalized spacial score (nSPS) is 17.8. The summed E-state index contributed by atoms with van der Waals surface area (Å²) in [5, 5.41) is 1.95. The molecule has 1 atom stereocenters. The van der Waals surface area contributed by atoms with Crippen LogP contribution in [0.3, 0.4) is 0 Å². The van der Waals surface area contributed by atoms with Crippen LogP contribution in [0.15, 0.2) is 23.6 Å². The summed E-state index contributed by atoms with van der Waals surface area (Å²) < 4.78 is 10.5. The molecule has 1 aliphatic heterocycles. The molecular weight excluding hydrogens is 302 g/mol. The molecule has 1 aromatic heterocycles. The Bertz CT molecular complexity index is 506. The van der Waals surface area contributed by atoms with E-state index in [1.165, 1.54) is 11.0 Å². The summed E-state index contributed by atoms with van der Waals surface area (Å²) in [7, 11) is 0. The zero-order valence-corrected chi connectivity index (χ0v) is 13.5. The molecule has 0 radical (unpaired) electrons. The molecule has 1 aliphatic rings. The van der Waals surface area contributed by atoms with E-state index in [4.69, 9.17) is 9.47 Å². The summed E-state index contributed by atoms with van der Waals surface area (Å²) in [6, 6.07) is 3.86. The van der Waals surface area contributed by atoms with Crippen LogP contribution in [0.5, 0.6) is 0 Å². The fraction of sp³-hybridized carbons (Fsp3) is 0.500. The third kappa shape index (κ3) is 5.27. The van der Waals surface area contributed by atoms with Gasteiger partial charge in [-0.05, 0) is 37.3 Å². The Hall–Kier alpha value is -1.66. The number of carbonyl (C=O) groups excluding carboxylic acids is 2. The number of carbonyl (C=O) groups is 2. The molecule has 0 aromatic carbocycles. The second-order valence-corrected chi connectivity index (χ2v) is 5.99. The first-order valence-corrected chi connectivity index (χ1v) is 8.34. The van der Waals surface area contributed by atoms with E-state index in [-0.39, 0.29) is 18.6 Å². The highest BCUT2D eigenvalue weighted by Gasteiger charge is 2.23. The lowest BCUT2D eigenvalue weighted by Crippen LogP contribution is -2.40. The minimum Gasteiger partial charge on any atom is -0.465 e. The van der Waals surface area contributed by atoms with E-state index < -0.39 is 5.97 Å². The van der Waals surface area contributed by atoms with Crippen LogP contribution in [-0.4, -0.2) is 49.2 Å². The van der Waals surface area contributed by atoms with Crippen molar-refractivity contribution in [2.75, 3.05) is 26.3 Å². The lowest BCUT2D eigenvalue weighted by atomic mass is 10.2. The van der Waals surface area contributed by atoms with Gasteiger partial charge in [-0.1, -0.05) is 6.07 Å². The van der Waals surface area contributed by atoms with E-state index in [1.54, 1.807) is 24.3 Å². The minimum absolute atomic E-state index is 0.00788. The predicted octanol–water partition coefficient (Wildman–Crippen LogP) is 2.33. The number of thiophene rings is 1. The maximum absolute atomic E-state index is 12.3. The molecule has 1 saturated heterocycles. The van der Waals surface area contributed by atoms with Crippen molar-refractivity contribution in [3.05, 3.63) is 28.5 Å². The van der Waals surface area contributed by atoms with E-state index >= 15 is 0 Å². The summed E-state index contributed by atoms with van der Waals surface area (Å²) in [6.45, 7) is 3.16. The van der Waals surface area contributed by atoms with Gasteiger partial charge in [0.25, 0.3) is 0 Å². The van der Waals surface area contributed by atoms with Crippen molar-refractivity contribution in [1.82, 2.24) is 4.90 Å². The summed E-state index contributed by atoms with van der Waals surface area (Å²) >= 11 is 1.56. The van der Waals surface area contributed by atoms with E-state index in [2.05, 4.69) is 0 Å². The number of hydrogen-bond acceptors (Lipinski definition) is 5. The molecule has 6 heteroatoms. The topological polar surface area (TPSA) is 55.8 Å². The molecule has 0 aliphatic carbocycles. The highest BCUT2D eigenvalue weighted by molar-refractivity contribution is 7.10. The largest absolute Gasteiger partial charge is 0.465 e. The first-order chi connectivity index (χ1) is 10.7. The number of rotatable bonds is 7. The third-order valence-electron chi connectivity index (χ3n) is 3.32. The standard InChI is InChI=1S/C16H21NO4S/c1-2-20-16(19)12-17(11-13-5-3-9-21-13)15(18)8-7-14-6-4-10-22-14/h4,6-8,10,13H,2-3,5,9,11-12H2,1H3. The van der Waals surface area contributed by atoms with Crippen molar-refractivity contribution >= 4 is 29.3 Å². The molecule has 1 aromatic rings. The van der Waals surface area contributed by atoms with Gasteiger partial charge in [-0.15, -0.1) is 11.3 Å². The maximum Gasteiger partial charge on any atom is 0.325 e.